The van der Waals surface area contributed by atoms with E-state index in [0.29, 0.717) is 13.1 Å². The number of fused-ring (bicyclic) bond motifs is 1. The van der Waals surface area contributed by atoms with Crippen LogP contribution < -0.4 is 5.32 Å². The van der Waals surface area contributed by atoms with Gasteiger partial charge in [0.05, 0.1) is 11.4 Å². The predicted molar refractivity (Wildman–Crippen MR) is 114 cm³/mol. The fraction of sp³-hybridized carbons (Fsp3) is 0.429. The van der Waals surface area contributed by atoms with Gasteiger partial charge in [0.25, 0.3) is 0 Å². The Hall–Kier alpha value is -2.45. The number of benzene rings is 1. The summed E-state index contributed by atoms with van der Waals surface area (Å²) in [5.74, 6) is 0. The molecule has 2 aliphatic rings. The number of nitrogens with zero attached hydrogens (tertiary/aromatic N) is 4. The van der Waals surface area contributed by atoms with Crippen LogP contribution in [0.15, 0.2) is 43.0 Å². The summed E-state index contributed by atoms with van der Waals surface area (Å²) in [6, 6.07) is 6.57. The highest BCUT2D eigenvalue weighted by Gasteiger charge is 2.41. The molecule has 1 N–H and O–H groups in total. The van der Waals surface area contributed by atoms with Gasteiger partial charge in [-0.2, -0.15) is 5.10 Å². The van der Waals surface area contributed by atoms with Crippen LogP contribution >= 0.6 is 0 Å². The molecule has 0 spiro atoms. The van der Waals surface area contributed by atoms with Gasteiger partial charge in [0.15, 0.2) is 0 Å². The molecule has 1 aromatic carbocycles. The summed E-state index contributed by atoms with van der Waals surface area (Å²) in [5.41, 5.74) is 3.21. The molecule has 2 aromatic heterocycles. The number of hydrogen-bond donors (Lipinski definition) is 1. The molecule has 8 heteroatoms. The van der Waals surface area contributed by atoms with Gasteiger partial charge in [0.1, 0.15) is 0 Å². The highest BCUT2D eigenvalue weighted by molar-refractivity contribution is 7.90. The first-order valence-corrected chi connectivity index (χ1v) is 11.6. The zero-order valence-electron chi connectivity index (χ0n) is 16.5. The number of sulfonamides is 1. The summed E-state index contributed by atoms with van der Waals surface area (Å²) < 4.78 is 28.5. The second-order valence-electron chi connectivity index (χ2n) is 8.09. The lowest BCUT2D eigenvalue weighted by Gasteiger charge is -2.32. The molecule has 0 unspecified atom stereocenters. The molecule has 5 rings (SSSR count). The molecule has 1 saturated carbocycles. The number of pyridine rings is 1. The number of piperidine rings is 1. The molecule has 0 bridgehead atoms. The molecular formula is C21H25N5O2S. The first kappa shape index (κ1) is 18.6. The van der Waals surface area contributed by atoms with Crippen LogP contribution in [0, 0.1) is 0 Å². The van der Waals surface area contributed by atoms with E-state index in [2.05, 4.69) is 27.5 Å². The van der Waals surface area contributed by atoms with E-state index in [-0.39, 0.29) is 11.3 Å². The van der Waals surface area contributed by atoms with Crippen molar-refractivity contribution in [2.75, 3.05) is 18.4 Å². The summed E-state index contributed by atoms with van der Waals surface area (Å²) in [6.07, 6.45) is 10.8. The van der Waals surface area contributed by atoms with Gasteiger partial charge in [0, 0.05) is 61.4 Å². The summed E-state index contributed by atoms with van der Waals surface area (Å²) in [4.78, 5) is 4.30. The fourth-order valence-electron chi connectivity index (χ4n) is 4.11. The predicted octanol–water partition coefficient (Wildman–Crippen LogP) is 3.00. The Balaban J connectivity index is 1.39. The van der Waals surface area contributed by atoms with Crippen LogP contribution in [-0.4, -0.2) is 51.9 Å². The van der Waals surface area contributed by atoms with Crippen molar-refractivity contribution >= 4 is 26.5 Å². The standard InChI is InChI=1S/C21H25N5O2S/c1-25-14-17(12-23-25)16-10-15-4-7-22-13-20(15)21(11-16)24-18-5-8-26(9-6-18)29(27,28)19-2-3-19/h4,7,10-14,18-19,24H,2-3,5-6,8-9H2,1H3. The average molecular weight is 412 g/mol. The van der Waals surface area contributed by atoms with Crippen molar-refractivity contribution < 1.29 is 8.42 Å². The Morgan fingerprint density at radius 3 is 2.55 bits per heavy atom. The lowest BCUT2D eigenvalue weighted by atomic mass is 10.0. The van der Waals surface area contributed by atoms with Crippen molar-refractivity contribution in [3.05, 3.63) is 43.0 Å². The molecule has 29 heavy (non-hydrogen) atoms. The van der Waals surface area contributed by atoms with Crippen LogP contribution in [0.4, 0.5) is 5.69 Å². The molecule has 1 aliphatic carbocycles. The minimum atomic E-state index is -3.07. The minimum absolute atomic E-state index is 0.127. The quantitative estimate of drug-likeness (QED) is 0.698. The first-order chi connectivity index (χ1) is 14.0. The van der Waals surface area contributed by atoms with E-state index >= 15 is 0 Å². The van der Waals surface area contributed by atoms with Crippen LogP contribution in [0.2, 0.25) is 0 Å². The van der Waals surface area contributed by atoms with Gasteiger partial charge >= 0.3 is 0 Å². The van der Waals surface area contributed by atoms with Crippen molar-refractivity contribution in [2.24, 2.45) is 7.05 Å². The van der Waals surface area contributed by atoms with E-state index in [1.165, 1.54) is 0 Å². The third-order valence-corrected chi connectivity index (χ3v) is 8.31. The van der Waals surface area contributed by atoms with Gasteiger partial charge in [-0.3, -0.25) is 9.67 Å². The van der Waals surface area contributed by atoms with Crippen molar-refractivity contribution in [1.29, 1.82) is 0 Å². The maximum Gasteiger partial charge on any atom is 0.216 e. The Morgan fingerprint density at radius 1 is 1.07 bits per heavy atom. The van der Waals surface area contributed by atoms with E-state index in [0.717, 1.165) is 53.3 Å². The van der Waals surface area contributed by atoms with Crippen molar-refractivity contribution in [3.63, 3.8) is 0 Å². The number of hydrogen-bond acceptors (Lipinski definition) is 5. The summed E-state index contributed by atoms with van der Waals surface area (Å²) in [6.45, 7) is 1.18. The number of anilines is 1. The maximum absolute atomic E-state index is 12.5. The molecule has 1 aliphatic heterocycles. The third kappa shape index (κ3) is 3.62. The zero-order valence-corrected chi connectivity index (χ0v) is 17.3. The molecule has 0 amide bonds. The molecule has 1 saturated heterocycles. The molecule has 2 fully saturated rings. The molecule has 3 aromatic rings. The van der Waals surface area contributed by atoms with Crippen molar-refractivity contribution in [3.8, 4) is 11.1 Å². The highest BCUT2D eigenvalue weighted by atomic mass is 32.2. The lowest BCUT2D eigenvalue weighted by Crippen LogP contribution is -2.43. The summed E-state index contributed by atoms with van der Waals surface area (Å²) in [5, 5.41) is 10.0. The number of nitrogens with one attached hydrogen (secondary N) is 1. The number of aromatic nitrogens is 3. The molecule has 0 atom stereocenters. The average Bonchev–Trinajstić information content (AvgIpc) is 3.50. The SMILES string of the molecule is Cn1cc(-c2cc(NC3CCN(S(=O)(=O)C4CC4)CC3)c3cnccc3c2)cn1. The van der Waals surface area contributed by atoms with Crippen LogP contribution in [0.5, 0.6) is 0 Å². The van der Waals surface area contributed by atoms with Gasteiger partial charge in [-0.05, 0) is 54.8 Å². The van der Waals surface area contributed by atoms with Crippen molar-refractivity contribution in [1.82, 2.24) is 19.1 Å². The molecular weight excluding hydrogens is 386 g/mol. The Labute approximate surface area is 170 Å². The monoisotopic (exact) mass is 411 g/mol. The molecule has 3 heterocycles. The Bertz CT molecular complexity index is 1140. The first-order valence-electron chi connectivity index (χ1n) is 10.1. The maximum atomic E-state index is 12.5. The van der Waals surface area contributed by atoms with Gasteiger partial charge in [0.2, 0.25) is 10.0 Å². The van der Waals surface area contributed by atoms with Crippen LogP contribution in [0.25, 0.3) is 21.9 Å². The topological polar surface area (TPSA) is 80.1 Å². The molecule has 0 radical (unpaired) electrons. The second kappa shape index (κ2) is 7.11. The Kier molecular flexibility index (Phi) is 4.55. The Morgan fingerprint density at radius 2 is 1.86 bits per heavy atom. The van der Waals surface area contributed by atoms with E-state index in [9.17, 15) is 8.42 Å². The normalized spacial score (nSPS) is 18.9. The largest absolute Gasteiger partial charge is 0.382 e. The van der Waals surface area contributed by atoms with Gasteiger partial charge < -0.3 is 5.32 Å². The van der Waals surface area contributed by atoms with E-state index in [1.807, 2.05) is 31.7 Å². The lowest BCUT2D eigenvalue weighted by molar-refractivity contribution is 0.329. The zero-order chi connectivity index (χ0) is 20.0. The third-order valence-electron chi connectivity index (χ3n) is 5.91. The van der Waals surface area contributed by atoms with Crippen LogP contribution in [0.3, 0.4) is 0 Å². The van der Waals surface area contributed by atoms with Crippen LogP contribution in [-0.2, 0) is 17.1 Å². The van der Waals surface area contributed by atoms with Crippen LogP contribution in [0.1, 0.15) is 25.7 Å². The number of aryl methyl sites for hydroxylation is 1. The number of rotatable bonds is 5. The van der Waals surface area contributed by atoms with E-state index < -0.39 is 10.0 Å². The van der Waals surface area contributed by atoms with Gasteiger partial charge in [-0.1, -0.05) is 0 Å². The summed E-state index contributed by atoms with van der Waals surface area (Å²) in [7, 11) is -1.16. The summed E-state index contributed by atoms with van der Waals surface area (Å²) >= 11 is 0. The molecule has 152 valence electrons. The van der Waals surface area contributed by atoms with E-state index in [4.69, 9.17) is 0 Å². The second-order valence-corrected chi connectivity index (χ2v) is 10.3. The van der Waals surface area contributed by atoms with Crippen molar-refractivity contribution in [2.45, 2.75) is 37.0 Å². The smallest absolute Gasteiger partial charge is 0.216 e. The highest BCUT2D eigenvalue weighted by Crippen LogP contribution is 2.34. The molecule has 7 nitrogen and oxygen atoms in total. The van der Waals surface area contributed by atoms with Gasteiger partial charge in [-0.15, -0.1) is 0 Å². The minimum Gasteiger partial charge on any atom is -0.382 e. The van der Waals surface area contributed by atoms with Gasteiger partial charge in [-0.25, -0.2) is 12.7 Å². The fourth-order valence-corrected chi connectivity index (χ4v) is 5.98. The van der Waals surface area contributed by atoms with E-state index in [1.54, 1.807) is 15.2 Å².